The van der Waals surface area contributed by atoms with E-state index in [1.54, 1.807) is 18.2 Å². The molecule has 20 heavy (non-hydrogen) atoms. The minimum Gasteiger partial charge on any atom is -0.486 e. The van der Waals surface area contributed by atoms with Gasteiger partial charge in [-0.05, 0) is 25.0 Å². The average Bonchev–Trinajstić information content (AvgIpc) is 2.43. The van der Waals surface area contributed by atoms with Gasteiger partial charge < -0.3 is 19.9 Å². The maximum atomic E-state index is 11.7. The molecule has 6 nitrogen and oxygen atoms in total. The van der Waals surface area contributed by atoms with Gasteiger partial charge in [0.05, 0.1) is 0 Å². The molecule has 1 aliphatic heterocycles. The molecule has 0 fully saturated rings. The van der Waals surface area contributed by atoms with E-state index in [-0.39, 0.29) is 12.3 Å². The molecule has 0 bridgehead atoms. The lowest BCUT2D eigenvalue weighted by Crippen LogP contribution is -2.16. The van der Waals surface area contributed by atoms with Gasteiger partial charge in [-0.3, -0.25) is 9.59 Å². The predicted octanol–water partition coefficient (Wildman–Crippen LogP) is 2.04. The molecule has 0 saturated carbocycles. The first-order valence-electron chi connectivity index (χ1n) is 6.56. The number of benzene rings is 1. The van der Waals surface area contributed by atoms with Gasteiger partial charge >= 0.3 is 5.97 Å². The van der Waals surface area contributed by atoms with Crippen LogP contribution >= 0.6 is 0 Å². The maximum absolute atomic E-state index is 11.7. The molecule has 0 aromatic heterocycles. The highest BCUT2D eigenvalue weighted by Crippen LogP contribution is 2.32. The van der Waals surface area contributed by atoms with Crippen LogP contribution in [0.4, 0.5) is 5.69 Å². The fraction of sp³-hybridized carbons (Fsp3) is 0.429. The summed E-state index contributed by atoms with van der Waals surface area (Å²) in [6.45, 7) is 1.03. The quantitative estimate of drug-likeness (QED) is 0.778. The third kappa shape index (κ3) is 4.15. The van der Waals surface area contributed by atoms with Crippen LogP contribution in [0.3, 0.4) is 0 Å². The number of nitrogens with one attached hydrogen (secondary N) is 1. The fourth-order valence-electron chi connectivity index (χ4n) is 1.91. The Morgan fingerprint density at radius 2 is 1.80 bits per heavy atom. The van der Waals surface area contributed by atoms with Crippen molar-refractivity contribution in [2.75, 3.05) is 18.5 Å². The van der Waals surface area contributed by atoms with Gasteiger partial charge in [0.15, 0.2) is 11.5 Å². The normalized spacial score (nSPS) is 12.8. The van der Waals surface area contributed by atoms with E-state index >= 15 is 0 Å². The summed E-state index contributed by atoms with van der Waals surface area (Å²) < 4.78 is 10.8. The van der Waals surface area contributed by atoms with Crippen molar-refractivity contribution in [2.45, 2.75) is 25.7 Å². The first kappa shape index (κ1) is 14.2. The van der Waals surface area contributed by atoms with Gasteiger partial charge in [-0.25, -0.2) is 0 Å². The number of fused-ring (bicyclic) bond motifs is 1. The van der Waals surface area contributed by atoms with Crippen molar-refractivity contribution < 1.29 is 24.2 Å². The molecule has 0 unspecified atom stereocenters. The maximum Gasteiger partial charge on any atom is 0.303 e. The summed E-state index contributed by atoms with van der Waals surface area (Å²) in [7, 11) is 0. The zero-order valence-electron chi connectivity index (χ0n) is 11.1. The summed E-state index contributed by atoms with van der Waals surface area (Å²) in [5.41, 5.74) is 0.650. The van der Waals surface area contributed by atoms with Crippen LogP contribution in [0, 0.1) is 0 Å². The molecule has 0 saturated heterocycles. The van der Waals surface area contributed by atoms with E-state index in [1.165, 1.54) is 0 Å². The number of carboxylic acid groups (broad SMARTS) is 1. The number of rotatable bonds is 6. The minimum atomic E-state index is -0.836. The van der Waals surface area contributed by atoms with Crippen molar-refractivity contribution in [3.05, 3.63) is 18.2 Å². The van der Waals surface area contributed by atoms with Crippen LogP contribution in [-0.4, -0.2) is 30.2 Å². The minimum absolute atomic E-state index is 0.0945. The molecule has 1 aromatic carbocycles. The number of amides is 1. The number of carbonyl (C=O) groups excluding carboxylic acids is 1. The van der Waals surface area contributed by atoms with Crippen LogP contribution in [0.2, 0.25) is 0 Å². The molecule has 0 atom stereocenters. The second-order valence-corrected chi connectivity index (χ2v) is 4.51. The second kappa shape index (κ2) is 6.79. The number of carboxylic acids is 1. The second-order valence-electron chi connectivity index (χ2n) is 4.51. The van der Waals surface area contributed by atoms with E-state index in [0.717, 1.165) is 0 Å². The summed E-state index contributed by atoms with van der Waals surface area (Å²) in [5, 5.41) is 11.3. The molecule has 2 N–H and O–H groups in total. The molecule has 1 heterocycles. The highest BCUT2D eigenvalue weighted by Gasteiger charge is 2.12. The Morgan fingerprint density at radius 1 is 1.10 bits per heavy atom. The van der Waals surface area contributed by atoms with Crippen LogP contribution < -0.4 is 14.8 Å². The third-order valence-electron chi connectivity index (χ3n) is 2.87. The van der Waals surface area contributed by atoms with Gasteiger partial charge in [0.1, 0.15) is 13.2 Å². The van der Waals surface area contributed by atoms with E-state index in [0.29, 0.717) is 49.7 Å². The van der Waals surface area contributed by atoms with E-state index in [1.807, 2.05) is 0 Å². The Kier molecular flexibility index (Phi) is 4.81. The summed E-state index contributed by atoms with van der Waals surface area (Å²) >= 11 is 0. The van der Waals surface area contributed by atoms with Crippen molar-refractivity contribution in [3.8, 4) is 11.5 Å². The molecule has 108 valence electrons. The Balaban J connectivity index is 1.80. The highest BCUT2D eigenvalue weighted by atomic mass is 16.6. The number of unbranched alkanes of at least 4 members (excludes halogenated alkanes) is 1. The average molecular weight is 279 g/mol. The summed E-state index contributed by atoms with van der Waals surface area (Å²) in [6.07, 6.45) is 1.46. The van der Waals surface area contributed by atoms with Gasteiger partial charge in [-0.2, -0.15) is 0 Å². The molecular formula is C14H17NO5. The lowest BCUT2D eigenvalue weighted by molar-refractivity contribution is -0.137. The van der Waals surface area contributed by atoms with E-state index in [2.05, 4.69) is 5.32 Å². The number of ether oxygens (including phenoxy) is 2. The molecule has 1 amide bonds. The zero-order valence-corrected chi connectivity index (χ0v) is 11.1. The van der Waals surface area contributed by atoms with E-state index in [9.17, 15) is 9.59 Å². The summed E-state index contributed by atoms with van der Waals surface area (Å²) in [5.74, 6) is 0.333. The van der Waals surface area contributed by atoms with E-state index in [4.69, 9.17) is 14.6 Å². The Bertz CT molecular complexity index is 500. The fourth-order valence-corrected chi connectivity index (χ4v) is 1.91. The SMILES string of the molecule is O=C(O)CCCCC(=O)Nc1ccc2c(c1)OCCO2. The number of anilines is 1. The topological polar surface area (TPSA) is 84.9 Å². The van der Waals surface area contributed by atoms with Gasteiger partial charge in [0.2, 0.25) is 5.91 Å². The lowest BCUT2D eigenvalue weighted by atomic mass is 10.2. The Morgan fingerprint density at radius 3 is 2.55 bits per heavy atom. The molecule has 1 aliphatic rings. The van der Waals surface area contributed by atoms with Gasteiger partial charge in [-0.15, -0.1) is 0 Å². The van der Waals surface area contributed by atoms with Crippen molar-refractivity contribution in [1.82, 2.24) is 0 Å². The lowest BCUT2D eigenvalue weighted by Gasteiger charge is -2.19. The van der Waals surface area contributed by atoms with Crippen LogP contribution in [0.15, 0.2) is 18.2 Å². The molecule has 6 heteroatoms. The smallest absolute Gasteiger partial charge is 0.303 e. The molecule has 2 rings (SSSR count). The largest absolute Gasteiger partial charge is 0.486 e. The van der Waals surface area contributed by atoms with Crippen molar-refractivity contribution in [1.29, 1.82) is 0 Å². The molecular weight excluding hydrogens is 262 g/mol. The van der Waals surface area contributed by atoms with Gasteiger partial charge in [-0.1, -0.05) is 0 Å². The van der Waals surface area contributed by atoms with Crippen LogP contribution in [0.25, 0.3) is 0 Å². The van der Waals surface area contributed by atoms with Gasteiger partial charge in [0, 0.05) is 24.6 Å². The standard InChI is InChI=1S/C14H17NO5/c16-13(3-1-2-4-14(17)18)15-10-5-6-11-12(9-10)20-8-7-19-11/h5-6,9H,1-4,7-8H2,(H,15,16)(H,17,18). The van der Waals surface area contributed by atoms with Crippen LogP contribution in [0.1, 0.15) is 25.7 Å². The highest BCUT2D eigenvalue weighted by molar-refractivity contribution is 5.91. The molecule has 0 aliphatic carbocycles. The van der Waals surface area contributed by atoms with Crippen molar-refractivity contribution >= 4 is 17.6 Å². The summed E-state index contributed by atoms with van der Waals surface area (Å²) in [6, 6.07) is 5.24. The number of hydrogen-bond acceptors (Lipinski definition) is 4. The zero-order chi connectivity index (χ0) is 14.4. The number of carbonyl (C=O) groups is 2. The predicted molar refractivity (Wildman–Crippen MR) is 72.2 cm³/mol. The number of hydrogen-bond donors (Lipinski definition) is 2. The Hall–Kier alpha value is -2.24. The molecule has 0 radical (unpaired) electrons. The Labute approximate surface area is 116 Å². The summed E-state index contributed by atoms with van der Waals surface area (Å²) in [4.78, 5) is 22.0. The number of aliphatic carboxylic acids is 1. The monoisotopic (exact) mass is 279 g/mol. The van der Waals surface area contributed by atoms with E-state index < -0.39 is 5.97 Å². The first-order valence-corrected chi connectivity index (χ1v) is 6.56. The molecule has 0 spiro atoms. The van der Waals surface area contributed by atoms with Crippen molar-refractivity contribution in [3.63, 3.8) is 0 Å². The van der Waals surface area contributed by atoms with Crippen LogP contribution in [0.5, 0.6) is 11.5 Å². The first-order chi connectivity index (χ1) is 9.65. The van der Waals surface area contributed by atoms with Crippen molar-refractivity contribution in [2.24, 2.45) is 0 Å². The third-order valence-corrected chi connectivity index (χ3v) is 2.87. The van der Waals surface area contributed by atoms with Crippen LogP contribution in [-0.2, 0) is 9.59 Å². The van der Waals surface area contributed by atoms with Gasteiger partial charge in [0.25, 0.3) is 0 Å². The molecule has 1 aromatic rings.